The maximum atomic E-state index is 13.4. The quantitative estimate of drug-likeness (QED) is 0.610. The monoisotopic (exact) mass is 403 g/mol. The van der Waals surface area contributed by atoms with E-state index in [1.807, 2.05) is 18.2 Å². The fourth-order valence-electron chi connectivity index (χ4n) is 3.59. The summed E-state index contributed by atoms with van der Waals surface area (Å²) in [4.78, 5) is 27.3. The molecule has 3 amide bonds. The van der Waals surface area contributed by atoms with Gasteiger partial charge in [0.25, 0.3) is 11.6 Å². The zero-order valence-corrected chi connectivity index (χ0v) is 16.3. The number of para-hydroxylation sites is 3. The van der Waals surface area contributed by atoms with Gasteiger partial charge in [-0.05, 0) is 24.3 Å². The van der Waals surface area contributed by atoms with Gasteiger partial charge in [-0.3, -0.25) is 9.69 Å². The number of carbonyl (C=O) groups is 2. The van der Waals surface area contributed by atoms with E-state index in [1.54, 1.807) is 67.8 Å². The molecule has 7 nitrogen and oxygen atoms in total. The van der Waals surface area contributed by atoms with Crippen LogP contribution in [0.4, 0.5) is 16.2 Å². The van der Waals surface area contributed by atoms with E-state index in [4.69, 9.17) is 4.74 Å². The van der Waals surface area contributed by atoms with E-state index in [0.717, 1.165) is 10.5 Å². The molecule has 0 spiro atoms. The minimum absolute atomic E-state index is 0.123. The SMILES string of the molecule is COc1ccccc1CNC(=O)C1(O)c2ccccc2NC(=O)N1c1ccccc1. The summed E-state index contributed by atoms with van der Waals surface area (Å²) in [6.07, 6.45) is 0. The molecular weight excluding hydrogens is 382 g/mol. The second-order valence-corrected chi connectivity index (χ2v) is 6.81. The highest BCUT2D eigenvalue weighted by Crippen LogP contribution is 2.39. The van der Waals surface area contributed by atoms with Crippen LogP contribution in [0.1, 0.15) is 11.1 Å². The van der Waals surface area contributed by atoms with Crippen molar-refractivity contribution in [3.05, 3.63) is 90.0 Å². The molecule has 1 unspecified atom stereocenters. The van der Waals surface area contributed by atoms with Crippen LogP contribution in [0.2, 0.25) is 0 Å². The van der Waals surface area contributed by atoms with Crippen molar-refractivity contribution in [3.8, 4) is 5.75 Å². The Hall–Kier alpha value is -3.84. The number of urea groups is 1. The smallest absolute Gasteiger partial charge is 0.329 e. The highest BCUT2D eigenvalue weighted by Gasteiger charge is 2.51. The first-order valence-corrected chi connectivity index (χ1v) is 9.44. The summed E-state index contributed by atoms with van der Waals surface area (Å²) in [5.74, 6) is -0.106. The normalized spacial score (nSPS) is 17.7. The second-order valence-electron chi connectivity index (χ2n) is 6.81. The van der Waals surface area contributed by atoms with Gasteiger partial charge in [0.1, 0.15) is 5.75 Å². The molecule has 0 saturated carbocycles. The van der Waals surface area contributed by atoms with Crippen LogP contribution in [0.15, 0.2) is 78.9 Å². The molecule has 3 aromatic rings. The summed E-state index contributed by atoms with van der Waals surface area (Å²) < 4.78 is 5.32. The average Bonchev–Trinajstić information content (AvgIpc) is 2.78. The Bertz CT molecular complexity index is 1090. The molecule has 7 heteroatoms. The Balaban J connectivity index is 1.74. The molecule has 1 heterocycles. The van der Waals surface area contributed by atoms with Gasteiger partial charge in [0.15, 0.2) is 0 Å². The fourth-order valence-corrected chi connectivity index (χ4v) is 3.59. The predicted octanol–water partition coefficient (Wildman–Crippen LogP) is 3.21. The maximum absolute atomic E-state index is 13.4. The minimum Gasteiger partial charge on any atom is -0.496 e. The molecule has 152 valence electrons. The number of amides is 3. The molecule has 30 heavy (non-hydrogen) atoms. The molecule has 0 radical (unpaired) electrons. The van der Waals surface area contributed by atoms with Gasteiger partial charge >= 0.3 is 6.03 Å². The molecule has 0 aromatic heterocycles. The summed E-state index contributed by atoms with van der Waals surface area (Å²) >= 11 is 0. The number of hydrogen-bond acceptors (Lipinski definition) is 4. The summed E-state index contributed by atoms with van der Waals surface area (Å²) in [5, 5.41) is 17.2. The molecule has 1 aliphatic rings. The molecule has 3 aromatic carbocycles. The van der Waals surface area contributed by atoms with E-state index in [1.165, 1.54) is 0 Å². The Morgan fingerprint density at radius 3 is 2.47 bits per heavy atom. The molecular formula is C23H21N3O4. The third kappa shape index (κ3) is 3.25. The lowest BCUT2D eigenvalue weighted by Crippen LogP contribution is -2.62. The number of rotatable bonds is 5. The first-order chi connectivity index (χ1) is 14.6. The van der Waals surface area contributed by atoms with Crippen LogP contribution in [0.5, 0.6) is 5.75 Å². The maximum Gasteiger partial charge on any atom is 0.329 e. The largest absolute Gasteiger partial charge is 0.496 e. The average molecular weight is 403 g/mol. The van der Waals surface area contributed by atoms with Gasteiger partial charge in [0, 0.05) is 23.4 Å². The highest BCUT2D eigenvalue weighted by atomic mass is 16.5. The van der Waals surface area contributed by atoms with Crippen LogP contribution < -0.4 is 20.3 Å². The first kappa shape index (κ1) is 19.5. The van der Waals surface area contributed by atoms with Crippen molar-refractivity contribution in [2.75, 3.05) is 17.3 Å². The number of ether oxygens (including phenoxy) is 1. The van der Waals surface area contributed by atoms with Crippen molar-refractivity contribution >= 4 is 23.3 Å². The standard InChI is InChI=1S/C23H21N3O4/c1-30-20-14-8-5-9-16(20)15-24-21(27)23(29)18-12-6-7-13-19(18)25-22(28)26(23)17-10-3-2-4-11-17/h2-14,29H,15H2,1H3,(H,24,27)(H,25,28). The predicted molar refractivity (Wildman–Crippen MR) is 113 cm³/mol. The Morgan fingerprint density at radius 2 is 1.70 bits per heavy atom. The van der Waals surface area contributed by atoms with E-state index in [9.17, 15) is 14.7 Å². The number of fused-ring (bicyclic) bond motifs is 1. The molecule has 4 rings (SSSR count). The van der Waals surface area contributed by atoms with Crippen LogP contribution >= 0.6 is 0 Å². The third-order valence-corrected chi connectivity index (χ3v) is 5.03. The van der Waals surface area contributed by atoms with E-state index in [-0.39, 0.29) is 12.1 Å². The summed E-state index contributed by atoms with van der Waals surface area (Å²) in [6.45, 7) is 0.123. The number of nitrogens with one attached hydrogen (secondary N) is 2. The lowest BCUT2D eigenvalue weighted by Gasteiger charge is -2.42. The highest BCUT2D eigenvalue weighted by molar-refractivity contribution is 6.11. The van der Waals surface area contributed by atoms with Crippen LogP contribution in [0, 0.1) is 0 Å². The number of carbonyl (C=O) groups excluding carboxylic acids is 2. The lowest BCUT2D eigenvalue weighted by molar-refractivity contribution is -0.140. The fraction of sp³-hybridized carbons (Fsp3) is 0.130. The van der Waals surface area contributed by atoms with Crippen molar-refractivity contribution in [1.82, 2.24) is 5.32 Å². The van der Waals surface area contributed by atoms with Crippen molar-refractivity contribution in [3.63, 3.8) is 0 Å². The van der Waals surface area contributed by atoms with Crippen LogP contribution in [-0.4, -0.2) is 24.2 Å². The van der Waals surface area contributed by atoms with Crippen molar-refractivity contribution < 1.29 is 19.4 Å². The van der Waals surface area contributed by atoms with E-state index >= 15 is 0 Å². The van der Waals surface area contributed by atoms with Gasteiger partial charge in [-0.1, -0.05) is 54.6 Å². The second kappa shape index (κ2) is 7.88. The van der Waals surface area contributed by atoms with Gasteiger partial charge in [-0.15, -0.1) is 0 Å². The van der Waals surface area contributed by atoms with Crippen LogP contribution in [0.3, 0.4) is 0 Å². The zero-order chi connectivity index (χ0) is 21.1. The summed E-state index contributed by atoms with van der Waals surface area (Å²) in [6, 6.07) is 21.9. The molecule has 0 fully saturated rings. The Morgan fingerprint density at radius 1 is 1.03 bits per heavy atom. The zero-order valence-electron chi connectivity index (χ0n) is 16.3. The molecule has 1 aliphatic heterocycles. The molecule has 3 N–H and O–H groups in total. The van der Waals surface area contributed by atoms with Crippen molar-refractivity contribution in [1.29, 1.82) is 0 Å². The van der Waals surface area contributed by atoms with E-state index in [0.29, 0.717) is 17.1 Å². The van der Waals surface area contributed by atoms with Crippen LogP contribution in [0.25, 0.3) is 0 Å². The molecule has 0 aliphatic carbocycles. The topological polar surface area (TPSA) is 90.9 Å². The third-order valence-electron chi connectivity index (χ3n) is 5.03. The van der Waals surface area contributed by atoms with Crippen molar-refractivity contribution in [2.24, 2.45) is 0 Å². The number of nitrogens with zero attached hydrogens (tertiary/aromatic N) is 1. The van der Waals surface area contributed by atoms with Gasteiger partial charge < -0.3 is 20.5 Å². The van der Waals surface area contributed by atoms with E-state index < -0.39 is 17.7 Å². The van der Waals surface area contributed by atoms with E-state index in [2.05, 4.69) is 10.6 Å². The first-order valence-electron chi connectivity index (χ1n) is 9.44. The van der Waals surface area contributed by atoms with Gasteiger partial charge in [-0.25, -0.2) is 4.79 Å². The number of methoxy groups -OCH3 is 1. The van der Waals surface area contributed by atoms with Crippen molar-refractivity contribution in [2.45, 2.75) is 12.3 Å². The number of aliphatic hydroxyl groups is 1. The number of hydrogen-bond donors (Lipinski definition) is 3. The Labute approximate surface area is 173 Å². The number of benzene rings is 3. The van der Waals surface area contributed by atoms with Gasteiger partial charge in [-0.2, -0.15) is 0 Å². The minimum atomic E-state index is -2.23. The Kier molecular flexibility index (Phi) is 5.12. The summed E-state index contributed by atoms with van der Waals surface area (Å²) in [5.41, 5.74) is -0.436. The van der Waals surface area contributed by atoms with Gasteiger partial charge in [0.2, 0.25) is 0 Å². The molecule has 0 saturated heterocycles. The number of anilines is 2. The lowest BCUT2D eigenvalue weighted by atomic mass is 9.94. The van der Waals surface area contributed by atoms with Gasteiger partial charge in [0.05, 0.1) is 12.8 Å². The molecule has 0 bridgehead atoms. The summed E-state index contributed by atoms with van der Waals surface area (Å²) in [7, 11) is 1.55. The van der Waals surface area contributed by atoms with Crippen LogP contribution in [-0.2, 0) is 17.1 Å². The molecule has 1 atom stereocenters.